The highest BCUT2D eigenvalue weighted by Crippen LogP contribution is 2.35. The molecule has 2 aromatic heterocycles. The maximum Gasteiger partial charge on any atom is 0.228 e. The monoisotopic (exact) mass is 412 g/mol. The van der Waals surface area contributed by atoms with E-state index in [0.717, 1.165) is 24.1 Å². The fourth-order valence-corrected chi connectivity index (χ4v) is 3.67. The van der Waals surface area contributed by atoms with Crippen LogP contribution in [0.5, 0.6) is 0 Å². The molecule has 1 aromatic carbocycles. The van der Waals surface area contributed by atoms with Crippen LogP contribution in [0.15, 0.2) is 61.1 Å². The molecule has 1 aliphatic carbocycles. The summed E-state index contributed by atoms with van der Waals surface area (Å²) >= 11 is 11.1. The Balaban J connectivity index is 1.58. The number of carbonyl (C=O) groups is 1. The first kappa shape index (κ1) is 19.0. The Hall–Kier alpha value is -2.31. The zero-order valence-electron chi connectivity index (χ0n) is 15.3. The van der Waals surface area contributed by atoms with Gasteiger partial charge >= 0.3 is 0 Å². The van der Waals surface area contributed by atoms with Gasteiger partial charge in [0.05, 0.1) is 18.1 Å². The zero-order valence-corrected chi connectivity index (χ0v) is 16.9. The molecule has 1 atom stereocenters. The minimum absolute atomic E-state index is 0.00314. The van der Waals surface area contributed by atoms with Crippen molar-refractivity contribution in [1.29, 1.82) is 0 Å². The molecule has 144 valence electrons. The van der Waals surface area contributed by atoms with Gasteiger partial charge in [0.25, 0.3) is 0 Å². The molecular formula is C21H21ClN4OS. The van der Waals surface area contributed by atoms with Crippen LogP contribution in [0.4, 0.5) is 5.69 Å². The van der Waals surface area contributed by atoms with Crippen LogP contribution >= 0.6 is 24.2 Å². The van der Waals surface area contributed by atoms with Crippen LogP contribution in [0.2, 0.25) is 5.15 Å². The van der Waals surface area contributed by atoms with E-state index >= 15 is 0 Å². The topological polar surface area (TPSA) is 51.0 Å². The lowest BCUT2D eigenvalue weighted by Gasteiger charge is -2.23. The quantitative estimate of drug-likeness (QED) is 0.571. The maximum atomic E-state index is 13.2. The van der Waals surface area contributed by atoms with Crippen molar-refractivity contribution in [3.05, 3.63) is 71.8 Å². The van der Waals surface area contributed by atoms with Gasteiger partial charge in [-0.05, 0) is 36.5 Å². The molecule has 3 aromatic rings. The number of amides is 1. The molecule has 1 saturated carbocycles. The number of pyridine rings is 1. The van der Waals surface area contributed by atoms with E-state index in [0.29, 0.717) is 29.7 Å². The first-order chi connectivity index (χ1) is 13.6. The SMILES string of the molecule is O=C(CC(S)c1ccccc1)N(CC1CC1)c1cn(-c2cccnc2)nc1Cl. The Labute approximate surface area is 174 Å². The molecular weight excluding hydrogens is 392 g/mol. The average Bonchev–Trinajstić information content (AvgIpc) is 3.47. The fourth-order valence-electron chi connectivity index (χ4n) is 3.11. The molecule has 1 aliphatic rings. The predicted octanol–water partition coefficient (Wildman–Crippen LogP) is 4.72. The molecule has 0 radical (unpaired) electrons. The molecule has 2 heterocycles. The molecule has 1 unspecified atom stereocenters. The number of aromatic nitrogens is 3. The Kier molecular flexibility index (Phi) is 5.69. The fraction of sp³-hybridized carbons (Fsp3) is 0.286. The third kappa shape index (κ3) is 4.39. The molecule has 0 spiro atoms. The third-order valence-electron chi connectivity index (χ3n) is 4.84. The second-order valence-corrected chi connectivity index (χ2v) is 8.02. The summed E-state index contributed by atoms with van der Waals surface area (Å²) in [6, 6.07) is 13.6. The van der Waals surface area contributed by atoms with E-state index in [1.165, 1.54) is 0 Å². The number of halogens is 1. The highest BCUT2D eigenvalue weighted by molar-refractivity contribution is 7.80. The van der Waals surface area contributed by atoms with E-state index in [1.807, 2.05) is 42.5 Å². The Morgan fingerprint density at radius 1 is 1.25 bits per heavy atom. The van der Waals surface area contributed by atoms with Crippen molar-refractivity contribution >= 4 is 35.8 Å². The van der Waals surface area contributed by atoms with Crippen LogP contribution in [0.3, 0.4) is 0 Å². The number of carbonyl (C=O) groups excluding carboxylic acids is 1. The van der Waals surface area contributed by atoms with E-state index in [2.05, 4.69) is 22.7 Å². The van der Waals surface area contributed by atoms with Crippen molar-refractivity contribution < 1.29 is 4.79 Å². The summed E-state index contributed by atoms with van der Waals surface area (Å²) in [6.07, 6.45) is 7.79. The number of benzene rings is 1. The molecule has 0 N–H and O–H groups in total. The summed E-state index contributed by atoms with van der Waals surface area (Å²) in [7, 11) is 0. The standard InChI is InChI=1S/C21H21ClN4OS/c22-21-18(14-26(24-21)17-7-4-10-23-12-17)25(13-15-8-9-15)20(27)11-19(28)16-5-2-1-3-6-16/h1-7,10,12,14-15,19,28H,8-9,11,13H2. The van der Waals surface area contributed by atoms with Gasteiger partial charge in [-0.25, -0.2) is 4.68 Å². The minimum Gasteiger partial charge on any atom is -0.308 e. The summed E-state index contributed by atoms with van der Waals surface area (Å²) in [6.45, 7) is 0.659. The number of thiol groups is 1. The number of nitrogens with zero attached hydrogens (tertiary/aromatic N) is 4. The molecule has 0 bridgehead atoms. The normalized spacial score (nSPS) is 14.6. The van der Waals surface area contributed by atoms with Crippen LogP contribution in [-0.2, 0) is 4.79 Å². The summed E-state index contributed by atoms with van der Waals surface area (Å²) in [5, 5.41) is 4.53. The molecule has 1 fully saturated rings. The molecule has 5 nitrogen and oxygen atoms in total. The third-order valence-corrected chi connectivity index (χ3v) is 5.59. The number of hydrogen-bond donors (Lipinski definition) is 1. The second kappa shape index (κ2) is 8.37. The molecule has 4 rings (SSSR count). The molecule has 1 amide bonds. The summed E-state index contributed by atoms with van der Waals surface area (Å²) < 4.78 is 1.66. The van der Waals surface area contributed by atoms with Gasteiger partial charge in [0.15, 0.2) is 5.15 Å². The van der Waals surface area contributed by atoms with Gasteiger partial charge in [0, 0.05) is 24.4 Å². The van der Waals surface area contributed by atoms with Crippen LogP contribution in [0.1, 0.15) is 30.1 Å². The van der Waals surface area contributed by atoms with Gasteiger partial charge in [0.2, 0.25) is 5.91 Å². The lowest BCUT2D eigenvalue weighted by atomic mass is 10.1. The Morgan fingerprint density at radius 3 is 2.71 bits per heavy atom. The van der Waals surface area contributed by atoms with Gasteiger partial charge in [-0.2, -0.15) is 17.7 Å². The first-order valence-electron chi connectivity index (χ1n) is 9.31. The van der Waals surface area contributed by atoms with Crippen LogP contribution in [-0.4, -0.2) is 27.2 Å². The van der Waals surface area contributed by atoms with Gasteiger partial charge in [-0.3, -0.25) is 9.78 Å². The number of anilines is 1. The van der Waals surface area contributed by atoms with E-state index in [9.17, 15) is 4.79 Å². The van der Waals surface area contributed by atoms with Gasteiger partial charge < -0.3 is 4.90 Å². The van der Waals surface area contributed by atoms with Crippen LogP contribution in [0, 0.1) is 5.92 Å². The van der Waals surface area contributed by atoms with Crippen LogP contribution in [0.25, 0.3) is 5.69 Å². The molecule has 0 saturated heterocycles. The van der Waals surface area contributed by atoms with Crippen molar-refractivity contribution in [3.63, 3.8) is 0 Å². The lowest BCUT2D eigenvalue weighted by molar-refractivity contribution is -0.118. The van der Waals surface area contributed by atoms with Gasteiger partial charge in [-0.15, -0.1) is 0 Å². The average molecular weight is 413 g/mol. The van der Waals surface area contributed by atoms with E-state index in [1.54, 1.807) is 28.2 Å². The Morgan fingerprint density at radius 2 is 2.04 bits per heavy atom. The van der Waals surface area contributed by atoms with Crippen molar-refractivity contribution in [1.82, 2.24) is 14.8 Å². The highest BCUT2D eigenvalue weighted by atomic mass is 35.5. The summed E-state index contributed by atoms with van der Waals surface area (Å²) in [4.78, 5) is 19.0. The Bertz CT molecular complexity index is 944. The van der Waals surface area contributed by atoms with Gasteiger partial charge in [-0.1, -0.05) is 41.9 Å². The lowest BCUT2D eigenvalue weighted by Crippen LogP contribution is -2.33. The zero-order chi connectivity index (χ0) is 19.5. The molecule has 7 heteroatoms. The molecule has 28 heavy (non-hydrogen) atoms. The van der Waals surface area contributed by atoms with Crippen molar-refractivity contribution in [3.8, 4) is 5.69 Å². The van der Waals surface area contributed by atoms with Crippen molar-refractivity contribution in [2.24, 2.45) is 5.92 Å². The van der Waals surface area contributed by atoms with E-state index in [-0.39, 0.29) is 11.2 Å². The van der Waals surface area contributed by atoms with Crippen molar-refractivity contribution in [2.75, 3.05) is 11.4 Å². The van der Waals surface area contributed by atoms with E-state index in [4.69, 9.17) is 11.6 Å². The van der Waals surface area contributed by atoms with E-state index < -0.39 is 0 Å². The van der Waals surface area contributed by atoms with Gasteiger partial charge in [0.1, 0.15) is 5.69 Å². The second-order valence-electron chi connectivity index (χ2n) is 7.04. The highest BCUT2D eigenvalue weighted by Gasteiger charge is 2.30. The maximum absolute atomic E-state index is 13.2. The van der Waals surface area contributed by atoms with Crippen LogP contribution < -0.4 is 4.90 Å². The number of hydrogen-bond acceptors (Lipinski definition) is 4. The number of rotatable bonds is 7. The van der Waals surface area contributed by atoms with Crippen molar-refractivity contribution in [2.45, 2.75) is 24.5 Å². The predicted molar refractivity (Wildman–Crippen MR) is 114 cm³/mol. The summed E-state index contributed by atoms with van der Waals surface area (Å²) in [5.41, 5.74) is 2.46. The summed E-state index contributed by atoms with van der Waals surface area (Å²) in [5.74, 6) is 0.528. The largest absolute Gasteiger partial charge is 0.308 e. The smallest absolute Gasteiger partial charge is 0.228 e. The first-order valence-corrected chi connectivity index (χ1v) is 10.2. The minimum atomic E-state index is -0.164. The molecule has 0 aliphatic heterocycles.